The molecular weight excluding hydrogens is 408 g/mol. The minimum Gasteiger partial charge on any atom is -0.481 e. The Labute approximate surface area is 186 Å². The van der Waals surface area contributed by atoms with Crippen molar-refractivity contribution >= 4 is 18.0 Å². The van der Waals surface area contributed by atoms with Gasteiger partial charge in [0.1, 0.15) is 12.6 Å². The van der Waals surface area contributed by atoms with Crippen LogP contribution in [-0.4, -0.2) is 53.7 Å². The summed E-state index contributed by atoms with van der Waals surface area (Å²) in [7, 11) is 0. The highest BCUT2D eigenvalue weighted by atomic mass is 16.5. The van der Waals surface area contributed by atoms with Crippen molar-refractivity contribution in [3.8, 4) is 11.1 Å². The first kappa shape index (κ1) is 21.6. The van der Waals surface area contributed by atoms with Gasteiger partial charge in [-0.25, -0.2) is 4.79 Å². The lowest BCUT2D eigenvalue weighted by Gasteiger charge is -2.29. The molecule has 0 spiro atoms. The standard InChI is InChI=1S/C25H26N2O5/c1-16-10-12-27(13-11-16)24(30)22(14-23(28)29)26-25(31)32-15-21-19-8-4-2-6-17(19)18-7-3-5-9-20(18)21/h2-10,21-22H,11-15H2,1H3,(H,26,31)(H,28,29). The maximum atomic E-state index is 12.8. The number of hydrogen-bond donors (Lipinski definition) is 2. The van der Waals surface area contributed by atoms with E-state index in [4.69, 9.17) is 4.74 Å². The Morgan fingerprint density at radius 2 is 1.72 bits per heavy atom. The lowest BCUT2D eigenvalue weighted by Crippen LogP contribution is -2.50. The van der Waals surface area contributed by atoms with E-state index >= 15 is 0 Å². The molecule has 166 valence electrons. The Bertz CT molecular complexity index is 1030. The number of amides is 2. The van der Waals surface area contributed by atoms with Crippen LogP contribution < -0.4 is 5.32 Å². The fraction of sp³-hybridized carbons (Fsp3) is 0.320. The number of carbonyl (C=O) groups is 3. The van der Waals surface area contributed by atoms with Gasteiger partial charge in [-0.15, -0.1) is 0 Å². The van der Waals surface area contributed by atoms with E-state index in [1.807, 2.05) is 61.5 Å². The van der Waals surface area contributed by atoms with E-state index in [0.717, 1.165) is 28.7 Å². The third kappa shape index (κ3) is 4.51. The largest absolute Gasteiger partial charge is 0.481 e. The number of hydrogen-bond acceptors (Lipinski definition) is 4. The number of fused-ring (bicyclic) bond motifs is 3. The van der Waals surface area contributed by atoms with Crippen molar-refractivity contribution in [2.75, 3.05) is 19.7 Å². The van der Waals surface area contributed by atoms with Gasteiger partial charge in [-0.05, 0) is 35.6 Å². The Balaban J connectivity index is 1.43. The van der Waals surface area contributed by atoms with Gasteiger partial charge in [0.05, 0.1) is 6.42 Å². The van der Waals surface area contributed by atoms with Gasteiger partial charge in [-0.1, -0.05) is 60.2 Å². The Morgan fingerprint density at radius 1 is 1.09 bits per heavy atom. The molecule has 0 saturated carbocycles. The second kappa shape index (κ2) is 9.26. The minimum absolute atomic E-state index is 0.0967. The molecule has 0 fully saturated rings. The summed E-state index contributed by atoms with van der Waals surface area (Å²) in [5, 5.41) is 11.7. The van der Waals surface area contributed by atoms with Crippen LogP contribution in [0.5, 0.6) is 0 Å². The third-order valence-electron chi connectivity index (χ3n) is 6.06. The molecule has 0 bridgehead atoms. The first-order chi connectivity index (χ1) is 15.4. The van der Waals surface area contributed by atoms with Crippen molar-refractivity contribution < 1.29 is 24.2 Å². The molecule has 2 amide bonds. The molecule has 7 heteroatoms. The second-order valence-corrected chi connectivity index (χ2v) is 8.21. The number of aliphatic carboxylic acids is 1. The Hall–Kier alpha value is -3.61. The maximum absolute atomic E-state index is 12.8. The van der Waals surface area contributed by atoms with Crippen LogP contribution in [0.3, 0.4) is 0 Å². The fourth-order valence-electron chi connectivity index (χ4n) is 4.35. The number of nitrogens with one attached hydrogen (secondary N) is 1. The van der Waals surface area contributed by atoms with Crippen molar-refractivity contribution in [1.29, 1.82) is 0 Å². The van der Waals surface area contributed by atoms with E-state index in [9.17, 15) is 19.5 Å². The average molecular weight is 434 g/mol. The van der Waals surface area contributed by atoms with Crippen LogP contribution in [0.4, 0.5) is 4.79 Å². The fourth-order valence-corrected chi connectivity index (χ4v) is 4.35. The topological polar surface area (TPSA) is 95.9 Å². The van der Waals surface area contributed by atoms with E-state index in [1.54, 1.807) is 4.90 Å². The van der Waals surface area contributed by atoms with E-state index < -0.39 is 30.4 Å². The van der Waals surface area contributed by atoms with Crippen molar-refractivity contribution in [1.82, 2.24) is 10.2 Å². The molecule has 32 heavy (non-hydrogen) atoms. The van der Waals surface area contributed by atoms with Gasteiger partial charge < -0.3 is 20.1 Å². The zero-order valence-corrected chi connectivity index (χ0v) is 17.9. The van der Waals surface area contributed by atoms with Crippen LogP contribution in [0.15, 0.2) is 60.2 Å². The van der Waals surface area contributed by atoms with Gasteiger partial charge in [0.25, 0.3) is 0 Å². The molecule has 1 aliphatic heterocycles. The van der Waals surface area contributed by atoms with E-state index in [2.05, 4.69) is 5.32 Å². The number of ether oxygens (including phenoxy) is 1. The third-order valence-corrected chi connectivity index (χ3v) is 6.06. The Kier molecular flexibility index (Phi) is 6.25. The molecule has 4 rings (SSSR count). The molecule has 0 radical (unpaired) electrons. The van der Waals surface area contributed by atoms with Crippen LogP contribution in [0, 0.1) is 0 Å². The van der Waals surface area contributed by atoms with E-state index in [0.29, 0.717) is 13.1 Å². The molecule has 1 aliphatic carbocycles. The summed E-state index contributed by atoms with van der Waals surface area (Å²) in [4.78, 5) is 38.2. The summed E-state index contributed by atoms with van der Waals surface area (Å²) >= 11 is 0. The number of carboxylic acid groups (broad SMARTS) is 1. The van der Waals surface area contributed by atoms with Crippen molar-refractivity contribution in [3.05, 3.63) is 71.3 Å². The number of nitrogens with zero attached hydrogens (tertiary/aromatic N) is 1. The second-order valence-electron chi connectivity index (χ2n) is 8.21. The summed E-state index contributed by atoms with van der Waals surface area (Å²) in [6, 6.07) is 14.8. The Morgan fingerprint density at radius 3 is 2.28 bits per heavy atom. The van der Waals surface area contributed by atoms with Crippen molar-refractivity contribution in [3.63, 3.8) is 0 Å². The van der Waals surface area contributed by atoms with Gasteiger partial charge in [0, 0.05) is 19.0 Å². The zero-order valence-electron chi connectivity index (χ0n) is 17.9. The lowest BCUT2D eigenvalue weighted by molar-refractivity contribution is -0.142. The highest BCUT2D eigenvalue weighted by molar-refractivity contribution is 5.89. The summed E-state index contributed by atoms with van der Waals surface area (Å²) in [5.41, 5.74) is 5.58. The minimum atomic E-state index is -1.17. The van der Waals surface area contributed by atoms with Crippen LogP contribution in [0.2, 0.25) is 0 Å². The summed E-state index contributed by atoms with van der Waals surface area (Å²) in [6.07, 6.45) is 1.38. The first-order valence-corrected chi connectivity index (χ1v) is 10.7. The molecule has 7 nitrogen and oxygen atoms in total. The van der Waals surface area contributed by atoms with E-state index in [-0.39, 0.29) is 12.5 Å². The van der Waals surface area contributed by atoms with E-state index in [1.165, 1.54) is 5.57 Å². The highest BCUT2D eigenvalue weighted by Crippen LogP contribution is 2.44. The van der Waals surface area contributed by atoms with Crippen LogP contribution in [0.25, 0.3) is 11.1 Å². The number of alkyl carbamates (subject to hydrolysis) is 1. The van der Waals surface area contributed by atoms with Gasteiger partial charge in [-0.2, -0.15) is 0 Å². The van der Waals surface area contributed by atoms with Crippen LogP contribution >= 0.6 is 0 Å². The maximum Gasteiger partial charge on any atom is 0.407 e. The predicted molar refractivity (Wildman–Crippen MR) is 119 cm³/mol. The molecule has 2 aliphatic rings. The average Bonchev–Trinajstić information content (AvgIpc) is 3.11. The molecule has 1 atom stereocenters. The predicted octanol–water partition coefficient (Wildman–Crippen LogP) is 3.55. The van der Waals surface area contributed by atoms with Gasteiger partial charge in [-0.3, -0.25) is 9.59 Å². The molecule has 2 aromatic rings. The number of carboxylic acids is 1. The quantitative estimate of drug-likeness (QED) is 0.678. The molecule has 2 aromatic carbocycles. The smallest absolute Gasteiger partial charge is 0.407 e. The SMILES string of the molecule is CC1=CCN(C(=O)C(CC(=O)O)NC(=O)OCC2c3ccccc3-c3ccccc32)CC1. The van der Waals surface area contributed by atoms with Crippen molar-refractivity contribution in [2.24, 2.45) is 0 Å². The van der Waals surface area contributed by atoms with Gasteiger partial charge in [0.15, 0.2) is 0 Å². The summed E-state index contributed by atoms with van der Waals surface area (Å²) < 4.78 is 5.48. The monoisotopic (exact) mass is 434 g/mol. The van der Waals surface area contributed by atoms with Crippen LogP contribution in [-0.2, 0) is 14.3 Å². The normalized spacial score (nSPS) is 15.9. The molecule has 1 unspecified atom stereocenters. The van der Waals surface area contributed by atoms with Crippen molar-refractivity contribution in [2.45, 2.75) is 31.7 Å². The van der Waals surface area contributed by atoms with Crippen LogP contribution in [0.1, 0.15) is 36.8 Å². The molecular formula is C25H26N2O5. The lowest BCUT2D eigenvalue weighted by atomic mass is 9.98. The molecule has 2 N–H and O–H groups in total. The number of carbonyl (C=O) groups excluding carboxylic acids is 2. The molecule has 1 heterocycles. The summed E-state index contributed by atoms with van der Waals surface area (Å²) in [6.45, 7) is 3.00. The zero-order chi connectivity index (χ0) is 22.7. The number of rotatable bonds is 6. The van der Waals surface area contributed by atoms with Gasteiger partial charge >= 0.3 is 12.1 Å². The molecule has 0 aromatic heterocycles. The summed E-state index contributed by atoms with van der Waals surface area (Å²) in [5.74, 6) is -1.69. The first-order valence-electron chi connectivity index (χ1n) is 10.7. The highest BCUT2D eigenvalue weighted by Gasteiger charge is 2.31. The number of benzene rings is 2. The van der Waals surface area contributed by atoms with Gasteiger partial charge in [0.2, 0.25) is 5.91 Å². The molecule has 0 saturated heterocycles.